The normalized spacial score (nSPS) is 14.9. The second-order valence-electron chi connectivity index (χ2n) is 4.97. The Morgan fingerprint density at radius 3 is 2.79 bits per heavy atom. The third-order valence-electron chi connectivity index (χ3n) is 3.53. The van der Waals surface area contributed by atoms with Crippen molar-refractivity contribution in [1.29, 1.82) is 0 Å². The zero-order valence-electron chi connectivity index (χ0n) is 11.1. The van der Waals surface area contributed by atoms with E-state index in [4.69, 9.17) is 4.74 Å². The van der Waals surface area contributed by atoms with Gasteiger partial charge in [-0.15, -0.1) is 10.2 Å². The number of ether oxygens (including phenoxy) is 1. The van der Waals surface area contributed by atoms with Crippen molar-refractivity contribution >= 4 is 0 Å². The number of hydrogen-bond acceptors (Lipinski definition) is 3. The molecule has 19 heavy (non-hydrogen) atoms. The first-order chi connectivity index (χ1) is 9.43. The molecular formula is C15H19N3O. The molecule has 0 amide bonds. The van der Waals surface area contributed by atoms with E-state index < -0.39 is 0 Å². The van der Waals surface area contributed by atoms with Gasteiger partial charge in [0.05, 0.1) is 6.61 Å². The van der Waals surface area contributed by atoms with Gasteiger partial charge in [0.2, 0.25) is 0 Å². The lowest BCUT2D eigenvalue weighted by Crippen LogP contribution is -2.07. The van der Waals surface area contributed by atoms with Gasteiger partial charge in [-0.05, 0) is 18.4 Å². The fourth-order valence-electron chi connectivity index (χ4n) is 2.49. The molecule has 2 heterocycles. The Morgan fingerprint density at radius 2 is 1.89 bits per heavy atom. The Morgan fingerprint density at radius 1 is 1.00 bits per heavy atom. The molecule has 1 aliphatic heterocycles. The van der Waals surface area contributed by atoms with E-state index >= 15 is 0 Å². The molecule has 0 unspecified atom stereocenters. The molecule has 0 aliphatic carbocycles. The van der Waals surface area contributed by atoms with Crippen molar-refractivity contribution in [3.05, 3.63) is 47.5 Å². The van der Waals surface area contributed by atoms with E-state index in [1.54, 1.807) is 0 Å². The van der Waals surface area contributed by atoms with Crippen LogP contribution >= 0.6 is 0 Å². The highest BCUT2D eigenvalue weighted by Crippen LogP contribution is 2.15. The molecule has 0 bridgehead atoms. The van der Waals surface area contributed by atoms with E-state index in [1.165, 1.54) is 24.8 Å². The van der Waals surface area contributed by atoms with Crippen LogP contribution in [-0.4, -0.2) is 14.8 Å². The summed E-state index contributed by atoms with van der Waals surface area (Å²) in [6.45, 7) is 2.21. The first-order valence-corrected chi connectivity index (χ1v) is 6.96. The third-order valence-corrected chi connectivity index (χ3v) is 3.53. The van der Waals surface area contributed by atoms with Gasteiger partial charge in [-0.25, -0.2) is 0 Å². The van der Waals surface area contributed by atoms with Gasteiger partial charge in [0.1, 0.15) is 12.4 Å². The summed E-state index contributed by atoms with van der Waals surface area (Å²) in [5.41, 5.74) is 1.19. The fraction of sp³-hybridized carbons (Fsp3) is 0.467. The van der Waals surface area contributed by atoms with Crippen molar-refractivity contribution in [2.24, 2.45) is 0 Å². The Kier molecular flexibility index (Phi) is 3.89. The number of fused-ring (bicyclic) bond motifs is 1. The molecule has 0 saturated carbocycles. The first kappa shape index (κ1) is 12.4. The van der Waals surface area contributed by atoms with Crippen LogP contribution in [0.5, 0.6) is 0 Å². The van der Waals surface area contributed by atoms with Crippen LogP contribution in [0.4, 0.5) is 0 Å². The zero-order valence-corrected chi connectivity index (χ0v) is 11.1. The number of rotatable bonds is 4. The lowest BCUT2D eigenvalue weighted by Gasteiger charge is -2.07. The fourth-order valence-corrected chi connectivity index (χ4v) is 2.49. The van der Waals surface area contributed by atoms with Crippen LogP contribution in [0.3, 0.4) is 0 Å². The highest BCUT2D eigenvalue weighted by molar-refractivity contribution is 5.13. The van der Waals surface area contributed by atoms with Gasteiger partial charge in [-0.3, -0.25) is 0 Å². The molecule has 0 N–H and O–H groups in total. The minimum atomic E-state index is 0.544. The van der Waals surface area contributed by atoms with Crippen molar-refractivity contribution in [3.63, 3.8) is 0 Å². The molecule has 0 spiro atoms. The molecule has 0 radical (unpaired) electrons. The summed E-state index contributed by atoms with van der Waals surface area (Å²) < 4.78 is 7.98. The second-order valence-corrected chi connectivity index (χ2v) is 4.97. The largest absolute Gasteiger partial charge is 0.369 e. The lowest BCUT2D eigenvalue weighted by atomic mass is 10.2. The molecule has 1 aromatic heterocycles. The van der Waals surface area contributed by atoms with Gasteiger partial charge >= 0.3 is 0 Å². The molecular weight excluding hydrogens is 238 g/mol. The molecule has 0 fully saturated rings. The van der Waals surface area contributed by atoms with Crippen molar-refractivity contribution in [3.8, 4) is 0 Å². The van der Waals surface area contributed by atoms with Crippen molar-refractivity contribution in [2.75, 3.05) is 0 Å². The molecule has 4 nitrogen and oxygen atoms in total. The Bertz CT molecular complexity index is 521. The predicted octanol–water partition coefficient (Wildman–Crippen LogP) is 2.72. The third kappa shape index (κ3) is 3.01. The minimum Gasteiger partial charge on any atom is -0.369 e. The minimum absolute atomic E-state index is 0.544. The maximum atomic E-state index is 5.75. The summed E-state index contributed by atoms with van der Waals surface area (Å²) in [5.74, 6) is 2.09. The zero-order chi connectivity index (χ0) is 12.9. The van der Waals surface area contributed by atoms with E-state index in [9.17, 15) is 0 Å². The van der Waals surface area contributed by atoms with Gasteiger partial charge in [0.25, 0.3) is 0 Å². The van der Waals surface area contributed by atoms with E-state index in [0.717, 1.165) is 24.6 Å². The lowest BCUT2D eigenvalue weighted by molar-refractivity contribution is 0.0989. The maximum Gasteiger partial charge on any atom is 0.159 e. The van der Waals surface area contributed by atoms with Crippen LogP contribution in [0.2, 0.25) is 0 Å². The van der Waals surface area contributed by atoms with Gasteiger partial charge < -0.3 is 9.30 Å². The SMILES string of the molecule is c1ccc(COCc2nnc3n2CCCCC3)cc1. The number of benzene rings is 1. The summed E-state index contributed by atoms with van der Waals surface area (Å²) in [7, 11) is 0. The second kappa shape index (κ2) is 5.97. The summed E-state index contributed by atoms with van der Waals surface area (Å²) in [5, 5.41) is 8.53. The summed E-state index contributed by atoms with van der Waals surface area (Å²) >= 11 is 0. The average molecular weight is 257 g/mol. The number of hydrogen-bond donors (Lipinski definition) is 0. The number of aryl methyl sites for hydroxylation is 1. The van der Waals surface area contributed by atoms with Gasteiger partial charge in [-0.2, -0.15) is 0 Å². The standard InChI is InChI=1S/C15H19N3O/c1-3-7-13(8-4-1)11-19-12-15-17-16-14-9-5-2-6-10-18(14)15/h1,3-4,7-8H,2,5-6,9-12H2. The number of nitrogens with zero attached hydrogens (tertiary/aromatic N) is 3. The van der Waals surface area contributed by atoms with Gasteiger partial charge in [0.15, 0.2) is 5.82 Å². The maximum absolute atomic E-state index is 5.75. The molecule has 1 aromatic carbocycles. The van der Waals surface area contributed by atoms with Crippen LogP contribution in [0, 0.1) is 0 Å². The molecule has 4 heteroatoms. The molecule has 3 rings (SSSR count). The van der Waals surface area contributed by atoms with E-state index in [1.807, 2.05) is 18.2 Å². The molecule has 1 aliphatic rings. The first-order valence-electron chi connectivity index (χ1n) is 6.96. The van der Waals surface area contributed by atoms with Crippen LogP contribution in [-0.2, 0) is 30.9 Å². The smallest absolute Gasteiger partial charge is 0.159 e. The summed E-state index contributed by atoms with van der Waals surface area (Å²) in [4.78, 5) is 0. The van der Waals surface area contributed by atoms with E-state index in [0.29, 0.717) is 13.2 Å². The Balaban J connectivity index is 1.60. The summed E-state index contributed by atoms with van der Waals surface area (Å²) in [6.07, 6.45) is 4.78. The monoisotopic (exact) mass is 257 g/mol. The average Bonchev–Trinajstić information content (AvgIpc) is 2.69. The molecule has 2 aromatic rings. The quantitative estimate of drug-likeness (QED) is 0.845. The highest BCUT2D eigenvalue weighted by atomic mass is 16.5. The topological polar surface area (TPSA) is 39.9 Å². The molecule has 0 atom stereocenters. The Labute approximate surface area is 113 Å². The van der Waals surface area contributed by atoms with Crippen LogP contribution in [0.1, 0.15) is 36.5 Å². The van der Waals surface area contributed by atoms with Crippen molar-refractivity contribution in [1.82, 2.24) is 14.8 Å². The van der Waals surface area contributed by atoms with Crippen molar-refractivity contribution in [2.45, 2.75) is 45.4 Å². The van der Waals surface area contributed by atoms with Crippen LogP contribution in [0.25, 0.3) is 0 Å². The van der Waals surface area contributed by atoms with E-state index in [2.05, 4.69) is 26.9 Å². The highest BCUT2D eigenvalue weighted by Gasteiger charge is 2.14. The van der Waals surface area contributed by atoms with Gasteiger partial charge in [-0.1, -0.05) is 36.8 Å². The van der Waals surface area contributed by atoms with E-state index in [-0.39, 0.29) is 0 Å². The Hall–Kier alpha value is -1.68. The van der Waals surface area contributed by atoms with Gasteiger partial charge in [0, 0.05) is 13.0 Å². The van der Waals surface area contributed by atoms with Crippen molar-refractivity contribution < 1.29 is 4.74 Å². The van der Waals surface area contributed by atoms with Crippen LogP contribution < -0.4 is 0 Å². The predicted molar refractivity (Wildman–Crippen MR) is 72.5 cm³/mol. The number of aromatic nitrogens is 3. The summed E-state index contributed by atoms with van der Waals surface area (Å²) in [6, 6.07) is 10.2. The molecule has 0 saturated heterocycles. The van der Waals surface area contributed by atoms with Crippen LogP contribution in [0.15, 0.2) is 30.3 Å². The molecule has 100 valence electrons.